The highest BCUT2D eigenvalue weighted by Crippen LogP contribution is 2.24. The molecule has 0 spiro atoms. The minimum atomic E-state index is 0.220. The normalized spacial score (nSPS) is 22.0. The minimum Gasteiger partial charge on any atom is -0.490 e. The van der Waals surface area contributed by atoms with Gasteiger partial charge in [0, 0.05) is 38.9 Å². The molecule has 0 bridgehead atoms. The van der Waals surface area contributed by atoms with Gasteiger partial charge in [0.1, 0.15) is 12.4 Å². The Morgan fingerprint density at radius 1 is 1.23 bits per heavy atom. The zero-order valence-corrected chi connectivity index (χ0v) is 17.6. The Bertz CT molecular complexity index is 802. The number of aromatic nitrogens is 1. The molecule has 2 aromatic rings. The maximum Gasteiger partial charge on any atom is 0.194 e. The smallest absolute Gasteiger partial charge is 0.194 e. The Morgan fingerprint density at radius 3 is 2.93 bits per heavy atom. The third kappa shape index (κ3) is 5.29. The first-order chi connectivity index (χ1) is 14.8. The van der Waals surface area contributed by atoms with E-state index in [9.17, 15) is 0 Å². The number of likely N-dealkylation sites (tertiary alicyclic amines) is 1. The Balaban J connectivity index is 1.35. The van der Waals surface area contributed by atoms with Crippen LogP contribution in [0.4, 0.5) is 0 Å². The van der Waals surface area contributed by atoms with Crippen LogP contribution >= 0.6 is 0 Å². The van der Waals surface area contributed by atoms with Crippen molar-refractivity contribution >= 4 is 5.96 Å². The highest BCUT2D eigenvalue weighted by atomic mass is 16.5. The zero-order chi connectivity index (χ0) is 20.6. The van der Waals surface area contributed by atoms with Crippen molar-refractivity contribution in [1.82, 2.24) is 20.1 Å². The summed E-state index contributed by atoms with van der Waals surface area (Å²) in [4.78, 5) is 13.7. The van der Waals surface area contributed by atoms with E-state index in [4.69, 9.17) is 14.5 Å². The summed E-state index contributed by atoms with van der Waals surface area (Å²) in [5, 5.41) is 3.43. The number of fused-ring (bicyclic) bond motifs is 1. The van der Waals surface area contributed by atoms with E-state index in [1.165, 1.54) is 5.56 Å². The van der Waals surface area contributed by atoms with Crippen LogP contribution in [0.5, 0.6) is 5.75 Å². The number of rotatable bonds is 7. The van der Waals surface area contributed by atoms with Crippen molar-refractivity contribution in [1.29, 1.82) is 0 Å². The van der Waals surface area contributed by atoms with Gasteiger partial charge in [-0.05, 0) is 24.6 Å². The summed E-state index contributed by atoms with van der Waals surface area (Å²) in [5.41, 5.74) is 1.35. The highest BCUT2D eigenvalue weighted by Gasteiger charge is 2.41. The summed E-state index contributed by atoms with van der Waals surface area (Å²) >= 11 is 0. The number of aliphatic imine (C=N–C) groups is 1. The third-order valence-corrected chi connectivity index (χ3v) is 5.54. The van der Waals surface area contributed by atoms with Gasteiger partial charge in [-0.3, -0.25) is 9.88 Å². The van der Waals surface area contributed by atoms with Gasteiger partial charge in [-0.2, -0.15) is 0 Å². The van der Waals surface area contributed by atoms with E-state index in [1.807, 2.05) is 12.1 Å². The molecule has 2 atom stereocenters. The van der Waals surface area contributed by atoms with Gasteiger partial charge in [0.15, 0.2) is 5.96 Å². The quantitative estimate of drug-likeness (QED) is 0.429. The van der Waals surface area contributed by atoms with Crippen molar-refractivity contribution in [2.24, 2.45) is 4.99 Å². The molecule has 3 heterocycles. The van der Waals surface area contributed by atoms with Crippen molar-refractivity contribution in [3.63, 3.8) is 0 Å². The van der Waals surface area contributed by atoms with Gasteiger partial charge in [0.05, 0.1) is 31.5 Å². The Labute approximate surface area is 178 Å². The maximum atomic E-state index is 6.11. The lowest BCUT2D eigenvalue weighted by atomic mass is 10.1. The molecule has 0 radical (unpaired) electrons. The van der Waals surface area contributed by atoms with Crippen molar-refractivity contribution in [2.45, 2.75) is 25.6 Å². The zero-order valence-electron chi connectivity index (χ0n) is 17.6. The summed E-state index contributed by atoms with van der Waals surface area (Å²) in [6, 6.07) is 14.8. The summed E-state index contributed by atoms with van der Waals surface area (Å²) in [7, 11) is 0. The van der Waals surface area contributed by atoms with Crippen LogP contribution in [0.2, 0.25) is 0 Å². The van der Waals surface area contributed by atoms with Gasteiger partial charge in [0.2, 0.25) is 0 Å². The molecule has 160 valence electrons. The van der Waals surface area contributed by atoms with Crippen LogP contribution in [0.15, 0.2) is 59.9 Å². The molecule has 2 aliphatic rings. The molecule has 0 saturated carbocycles. The molecule has 7 heteroatoms. The molecule has 2 aliphatic heterocycles. The Kier molecular flexibility index (Phi) is 7.16. The first kappa shape index (κ1) is 20.6. The van der Waals surface area contributed by atoms with Crippen molar-refractivity contribution < 1.29 is 9.47 Å². The number of hydrogen-bond donors (Lipinski definition) is 1. The van der Waals surface area contributed by atoms with Crippen LogP contribution in [0, 0.1) is 0 Å². The predicted octanol–water partition coefficient (Wildman–Crippen LogP) is 2.01. The van der Waals surface area contributed by atoms with Crippen LogP contribution in [0.1, 0.15) is 12.5 Å². The molecule has 0 aliphatic carbocycles. The van der Waals surface area contributed by atoms with Crippen molar-refractivity contribution in [3.05, 3.63) is 60.4 Å². The summed E-state index contributed by atoms with van der Waals surface area (Å²) in [6.07, 6.45) is 3.68. The predicted molar refractivity (Wildman–Crippen MR) is 118 cm³/mol. The highest BCUT2D eigenvalue weighted by molar-refractivity contribution is 5.80. The number of hydrogen-bond acceptors (Lipinski definition) is 5. The molecular formula is C23H31N5O2. The van der Waals surface area contributed by atoms with E-state index in [0.717, 1.165) is 51.0 Å². The molecular weight excluding hydrogens is 378 g/mol. The SMILES string of the molecule is CCNC(=NCCOc1cccnc1)N1CC2OCCN(Cc3ccccc3)C2C1. The van der Waals surface area contributed by atoms with Crippen molar-refractivity contribution in [3.8, 4) is 5.75 Å². The third-order valence-electron chi connectivity index (χ3n) is 5.54. The Morgan fingerprint density at radius 2 is 2.13 bits per heavy atom. The molecule has 1 aromatic heterocycles. The van der Waals surface area contributed by atoms with E-state index < -0.39 is 0 Å². The molecule has 0 amide bonds. The summed E-state index contributed by atoms with van der Waals surface area (Å²) < 4.78 is 11.8. The van der Waals surface area contributed by atoms with Gasteiger partial charge < -0.3 is 19.7 Å². The molecule has 4 rings (SSSR count). The number of morpholine rings is 1. The fourth-order valence-corrected chi connectivity index (χ4v) is 4.12. The first-order valence-corrected chi connectivity index (χ1v) is 10.8. The van der Waals surface area contributed by atoms with Gasteiger partial charge in [-0.25, -0.2) is 4.99 Å². The molecule has 7 nitrogen and oxygen atoms in total. The summed E-state index contributed by atoms with van der Waals surface area (Å²) in [6.45, 7) is 8.57. The van der Waals surface area contributed by atoms with Gasteiger partial charge in [-0.1, -0.05) is 30.3 Å². The Hall–Kier alpha value is -2.64. The van der Waals surface area contributed by atoms with Crippen LogP contribution in [-0.4, -0.2) is 78.8 Å². The summed E-state index contributed by atoms with van der Waals surface area (Å²) in [5.74, 6) is 1.71. The fraction of sp³-hybridized carbons (Fsp3) is 0.478. The molecule has 2 saturated heterocycles. The molecule has 1 N–H and O–H groups in total. The monoisotopic (exact) mass is 409 g/mol. The van der Waals surface area contributed by atoms with Gasteiger partial charge >= 0.3 is 0 Å². The number of ether oxygens (including phenoxy) is 2. The fourth-order valence-electron chi connectivity index (χ4n) is 4.12. The number of benzene rings is 1. The van der Waals surface area contributed by atoms with E-state index in [-0.39, 0.29) is 6.10 Å². The largest absolute Gasteiger partial charge is 0.490 e. The molecule has 1 aromatic carbocycles. The van der Waals surface area contributed by atoms with E-state index >= 15 is 0 Å². The number of guanidine groups is 1. The van der Waals surface area contributed by atoms with Gasteiger partial charge in [0.25, 0.3) is 0 Å². The number of nitrogens with one attached hydrogen (secondary N) is 1. The minimum absolute atomic E-state index is 0.220. The second-order valence-corrected chi connectivity index (χ2v) is 7.61. The van der Waals surface area contributed by atoms with Crippen LogP contribution in [0.25, 0.3) is 0 Å². The van der Waals surface area contributed by atoms with Crippen LogP contribution in [0.3, 0.4) is 0 Å². The molecule has 2 fully saturated rings. The maximum absolute atomic E-state index is 6.11. The molecule has 30 heavy (non-hydrogen) atoms. The average Bonchev–Trinajstić information content (AvgIpc) is 3.23. The standard InChI is InChI=1S/C23H31N5O2/c1-2-25-23(26-11-13-29-20-9-6-10-24-15-20)28-17-21-22(18-28)30-14-12-27(21)16-19-7-4-3-5-8-19/h3-10,15,21-22H,2,11-14,16-18H2,1H3,(H,25,26). The second kappa shape index (κ2) is 10.4. The average molecular weight is 410 g/mol. The lowest BCUT2D eigenvalue weighted by molar-refractivity contribution is -0.0502. The number of nitrogens with zero attached hydrogens (tertiary/aromatic N) is 4. The number of pyridine rings is 1. The van der Waals surface area contributed by atoms with Crippen LogP contribution in [-0.2, 0) is 11.3 Å². The van der Waals surface area contributed by atoms with E-state index in [1.54, 1.807) is 12.4 Å². The topological polar surface area (TPSA) is 62.2 Å². The lowest BCUT2D eigenvalue weighted by Crippen LogP contribution is -2.50. The van der Waals surface area contributed by atoms with Crippen molar-refractivity contribution in [2.75, 3.05) is 45.9 Å². The lowest BCUT2D eigenvalue weighted by Gasteiger charge is -2.36. The first-order valence-electron chi connectivity index (χ1n) is 10.8. The van der Waals surface area contributed by atoms with E-state index in [0.29, 0.717) is 19.2 Å². The van der Waals surface area contributed by atoms with E-state index in [2.05, 4.69) is 57.4 Å². The van der Waals surface area contributed by atoms with Crippen LogP contribution < -0.4 is 10.1 Å². The van der Waals surface area contributed by atoms with Gasteiger partial charge in [-0.15, -0.1) is 0 Å². The molecule has 2 unspecified atom stereocenters. The second-order valence-electron chi connectivity index (χ2n) is 7.61.